The van der Waals surface area contributed by atoms with Crippen molar-refractivity contribution in [3.63, 3.8) is 0 Å². The van der Waals surface area contributed by atoms with Gasteiger partial charge in [-0.05, 0) is 11.6 Å². The lowest BCUT2D eigenvalue weighted by atomic mass is 10.0. The van der Waals surface area contributed by atoms with Crippen molar-refractivity contribution in [3.8, 4) is 11.1 Å². The van der Waals surface area contributed by atoms with Crippen LogP contribution in [0, 0.1) is 0 Å². The van der Waals surface area contributed by atoms with Crippen LogP contribution in [0.15, 0.2) is 76.8 Å². The summed E-state index contributed by atoms with van der Waals surface area (Å²) in [4.78, 5) is 30.0. The third-order valence-electron chi connectivity index (χ3n) is 3.27. The molecular formula is C18H15N3O2S. The van der Waals surface area contributed by atoms with Crippen LogP contribution in [-0.4, -0.2) is 21.6 Å². The summed E-state index contributed by atoms with van der Waals surface area (Å²) in [5.41, 5.74) is 2.52. The maximum Gasteiger partial charge on any atom is 0.251 e. The Labute approximate surface area is 143 Å². The van der Waals surface area contributed by atoms with Crippen LogP contribution in [-0.2, 0) is 4.79 Å². The number of carbonyl (C=O) groups is 1. The van der Waals surface area contributed by atoms with Gasteiger partial charge < -0.3 is 10.3 Å². The van der Waals surface area contributed by atoms with Crippen molar-refractivity contribution in [2.24, 2.45) is 0 Å². The lowest BCUT2D eigenvalue weighted by Gasteiger charge is -2.11. The van der Waals surface area contributed by atoms with Crippen molar-refractivity contribution in [3.05, 3.63) is 77.2 Å². The van der Waals surface area contributed by atoms with Crippen LogP contribution in [0.5, 0.6) is 0 Å². The molecule has 0 aliphatic carbocycles. The third-order valence-corrected chi connectivity index (χ3v) is 4.16. The zero-order chi connectivity index (χ0) is 16.8. The number of hydrogen-bond acceptors (Lipinski definition) is 4. The van der Waals surface area contributed by atoms with Crippen LogP contribution in [0.2, 0.25) is 0 Å². The first-order valence-electron chi connectivity index (χ1n) is 7.35. The highest BCUT2D eigenvalue weighted by Gasteiger charge is 2.09. The van der Waals surface area contributed by atoms with Crippen molar-refractivity contribution in [2.45, 2.75) is 5.16 Å². The molecule has 0 saturated carbocycles. The summed E-state index contributed by atoms with van der Waals surface area (Å²) < 4.78 is 0. The predicted octanol–water partition coefficient (Wildman–Crippen LogP) is 3.17. The number of H-pyrrole nitrogens is 1. The van der Waals surface area contributed by atoms with Gasteiger partial charge in [0.05, 0.1) is 5.75 Å². The van der Waals surface area contributed by atoms with Gasteiger partial charge in [-0.25, -0.2) is 4.98 Å². The summed E-state index contributed by atoms with van der Waals surface area (Å²) in [6.07, 6.45) is 1.42. The molecule has 1 aromatic heterocycles. The van der Waals surface area contributed by atoms with Crippen molar-refractivity contribution >= 4 is 23.4 Å². The maximum atomic E-state index is 12.2. The molecular weight excluding hydrogens is 322 g/mol. The Hall–Kier alpha value is -2.86. The molecule has 0 spiro atoms. The van der Waals surface area contributed by atoms with Gasteiger partial charge in [0, 0.05) is 23.5 Å². The molecule has 2 aromatic carbocycles. The zero-order valence-corrected chi connectivity index (χ0v) is 13.5. The molecule has 3 rings (SSSR count). The number of thioether (sulfide) groups is 1. The monoisotopic (exact) mass is 337 g/mol. The molecule has 6 heteroatoms. The number of amides is 1. The van der Waals surface area contributed by atoms with Gasteiger partial charge in [-0.2, -0.15) is 0 Å². The van der Waals surface area contributed by atoms with Gasteiger partial charge in [0.15, 0.2) is 5.16 Å². The van der Waals surface area contributed by atoms with E-state index in [2.05, 4.69) is 15.3 Å². The number of para-hydroxylation sites is 1. The summed E-state index contributed by atoms with van der Waals surface area (Å²) in [6, 6.07) is 18.9. The molecule has 2 N–H and O–H groups in total. The van der Waals surface area contributed by atoms with Crippen LogP contribution >= 0.6 is 11.8 Å². The molecule has 5 nitrogen and oxygen atoms in total. The first-order chi connectivity index (χ1) is 11.7. The second-order valence-corrected chi connectivity index (χ2v) is 5.95. The van der Waals surface area contributed by atoms with Crippen LogP contribution in [0.1, 0.15) is 0 Å². The van der Waals surface area contributed by atoms with Crippen molar-refractivity contribution in [2.75, 3.05) is 11.1 Å². The van der Waals surface area contributed by atoms with E-state index in [1.54, 1.807) is 0 Å². The molecule has 3 aromatic rings. The van der Waals surface area contributed by atoms with Crippen molar-refractivity contribution < 1.29 is 4.79 Å². The number of nitrogens with zero attached hydrogens (tertiary/aromatic N) is 1. The Bertz CT molecular complexity index is 894. The molecule has 0 bridgehead atoms. The SMILES string of the molecule is O=C(CSc1nccc(=O)[nH]1)Nc1ccccc1-c1ccccc1. The Morgan fingerprint density at radius 2 is 1.79 bits per heavy atom. The predicted molar refractivity (Wildman–Crippen MR) is 96.1 cm³/mol. The highest BCUT2D eigenvalue weighted by atomic mass is 32.2. The average molecular weight is 337 g/mol. The Morgan fingerprint density at radius 3 is 2.58 bits per heavy atom. The first kappa shape index (κ1) is 16.0. The topological polar surface area (TPSA) is 74.8 Å². The van der Waals surface area contributed by atoms with Gasteiger partial charge in [-0.3, -0.25) is 9.59 Å². The number of hydrogen-bond donors (Lipinski definition) is 2. The van der Waals surface area contributed by atoms with Crippen LogP contribution < -0.4 is 10.9 Å². The minimum atomic E-state index is -0.234. The van der Waals surface area contributed by atoms with Crippen molar-refractivity contribution in [1.29, 1.82) is 0 Å². The van der Waals surface area contributed by atoms with Gasteiger partial charge in [0.2, 0.25) is 5.91 Å². The van der Waals surface area contributed by atoms with E-state index in [0.29, 0.717) is 5.16 Å². The fourth-order valence-corrected chi connectivity index (χ4v) is 2.86. The largest absolute Gasteiger partial charge is 0.325 e. The van der Waals surface area contributed by atoms with Crippen LogP contribution in [0.3, 0.4) is 0 Å². The molecule has 0 aliphatic rings. The highest BCUT2D eigenvalue weighted by Crippen LogP contribution is 2.27. The molecule has 1 heterocycles. The molecule has 24 heavy (non-hydrogen) atoms. The molecule has 120 valence electrons. The molecule has 0 aliphatic heterocycles. The van der Waals surface area contributed by atoms with E-state index in [4.69, 9.17) is 0 Å². The quantitative estimate of drug-likeness (QED) is 0.554. The normalized spacial score (nSPS) is 10.3. The number of aromatic nitrogens is 2. The van der Waals surface area contributed by atoms with Crippen molar-refractivity contribution in [1.82, 2.24) is 9.97 Å². The van der Waals surface area contributed by atoms with Gasteiger partial charge in [-0.1, -0.05) is 60.3 Å². The fraction of sp³-hybridized carbons (Fsp3) is 0.0556. The maximum absolute atomic E-state index is 12.2. The summed E-state index contributed by atoms with van der Waals surface area (Å²) in [7, 11) is 0. The van der Waals surface area contributed by atoms with E-state index < -0.39 is 0 Å². The minimum Gasteiger partial charge on any atom is -0.325 e. The van der Waals surface area contributed by atoms with Gasteiger partial charge in [0.1, 0.15) is 0 Å². The van der Waals surface area contributed by atoms with Crippen LogP contribution in [0.4, 0.5) is 5.69 Å². The zero-order valence-electron chi connectivity index (χ0n) is 12.7. The Kier molecular flexibility index (Phi) is 5.08. The second kappa shape index (κ2) is 7.61. The van der Waals surface area contributed by atoms with E-state index in [1.807, 2.05) is 54.6 Å². The number of carbonyl (C=O) groups excluding carboxylic acids is 1. The summed E-state index contributed by atoms with van der Waals surface area (Å²) in [5, 5.41) is 3.34. The Balaban J connectivity index is 1.70. The first-order valence-corrected chi connectivity index (χ1v) is 8.33. The molecule has 0 fully saturated rings. The molecule has 0 radical (unpaired) electrons. The third kappa shape index (κ3) is 4.11. The molecule has 1 amide bonds. The standard InChI is InChI=1S/C18H15N3O2S/c22-16-10-11-19-18(21-16)24-12-17(23)20-15-9-5-4-8-14(15)13-6-2-1-3-7-13/h1-11H,12H2,(H,20,23)(H,19,21,22). The number of rotatable bonds is 5. The van der Waals surface area contributed by atoms with E-state index in [9.17, 15) is 9.59 Å². The van der Waals surface area contributed by atoms with Gasteiger partial charge in [0.25, 0.3) is 5.56 Å². The molecule has 0 atom stereocenters. The van der Waals surface area contributed by atoms with Gasteiger partial charge in [-0.15, -0.1) is 0 Å². The minimum absolute atomic E-state index is 0.158. The summed E-state index contributed by atoms with van der Waals surface area (Å²) in [6.45, 7) is 0. The number of benzene rings is 2. The number of anilines is 1. The fourth-order valence-electron chi connectivity index (χ4n) is 2.21. The smallest absolute Gasteiger partial charge is 0.251 e. The molecule has 0 unspecified atom stereocenters. The number of nitrogens with one attached hydrogen (secondary N) is 2. The average Bonchev–Trinajstić information content (AvgIpc) is 2.61. The second-order valence-electron chi connectivity index (χ2n) is 4.99. The van der Waals surface area contributed by atoms with E-state index in [0.717, 1.165) is 16.8 Å². The number of aromatic amines is 1. The van der Waals surface area contributed by atoms with E-state index in [-0.39, 0.29) is 17.2 Å². The van der Waals surface area contributed by atoms with Gasteiger partial charge >= 0.3 is 0 Å². The molecule has 0 saturated heterocycles. The lowest BCUT2D eigenvalue weighted by Crippen LogP contribution is -2.15. The van der Waals surface area contributed by atoms with E-state index >= 15 is 0 Å². The van der Waals surface area contributed by atoms with E-state index in [1.165, 1.54) is 24.0 Å². The lowest BCUT2D eigenvalue weighted by molar-refractivity contribution is -0.113. The van der Waals surface area contributed by atoms with Crippen LogP contribution in [0.25, 0.3) is 11.1 Å². The summed E-state index contributed by atoms with van der Waals surface area (Å²) >= 11 is 1.18. The summed E-state index contributed by atoms with van der Waals surface area (Å²) in [5.74, 6) is 0.00526. The Morgan fingerprint density at radius 1 is 1.04 bits per heavy atom. The highest BCUT2D eigenvalue weighted by molar-refractivity contribution is 7.99.